The van der Waals surface area contributed by atoms with E-state index in [1.54, 1.807) is 4.68 Å². The molecule has 9 heteroatoms. The summed E-state index contributed by atoms with van der Waals surface area (Å²) in [5.41, 5.74) is 2.83. The predicted molar refractivity (Wildman–Crippen MR) is 103 cm³/mol. The van der Waals surface area contributed by atoms with Gasteiger partial charge in [0.15, 0.2) is 5.13 Å². The number of aromatic nitrogens is 5. The number of carbonyl (C=O) groups is 1. The van der Waals surface area contributed by atoms with Crippen molar-refractivity contribution in [1.82, 2.24) is 25.2 Å². The number of rotatable bonds is 5. The lowest BCUT2D eigenvalue weighted by molar-refractivity contribution is -0.113. The highest BCUT2D eigenvalue weighted by atomic mass is 32.2. The third kappa shape index (κ3) is 3.44. The summed E-state index contributed by atoms with van der Waals surface area (Å²) >= 11 is 2.74. The standard InChI is InChI=1S/C17H14N6OS2/c1-11-6-2-4-8-13(11)23-17(20-21-22-23)25-10-15(24)19-16-18-12-7-3-5-9-14(12)26-16/h2-9H,10H2,1H3,(H,18,19,24). The van der Waals surface area contributed by atoms with Crippen LogP contribution in [-0.2, 0) is 4.79 Å². The van der Waals surface area contributed by atoms with Crippen molar-refractivity contribution < 1.29 is 4.79 Å². The molecule has 0 fully saturated rings. The number of thioether (sulfide) groups is 1. The van der Waals surface area contributed by atoms with Crippen LogP contribution < -0.4 is 5.32 Å². The highest BCUT2D eigenvalue weighted by molar-refractivity contribution is 7.99. The number of amides is 1. The zero-order chi connectivity index (χ0) is 17.9. The summed E-state index contributed by atoms with van der Waals surface area (Å²) in [6, 6.07) is 15.6. The minimum absolute atomic E-state index is 0.145. The second kappa shape index (κ2) is 7.22. The van der Waals surface area contributed by atoms with Crippen LogP contribution in [0.3, 0.4) is 0 Å². The van der Waals surface area contributed by atoms with Gasteiger partial charge < -0.3 is 5.32 Å². The highest BCUT2D eigenvalue weighted by Gasteiger charge is 2.14. The van der Waals surface area contributed by atoms with Gasteiger partial charge in [0.1, 0.15) is 0 Å². The average molecular weight is 382 g/mol. The second-order valence-electron chi connectivity index (χ2n) is 5.48. The van der Waals surface area contributed by atoms with E-state index in [0.717, 1.165) is 21.5 Å². The number of tetrazole rings is 1. The Morgan fingerprint density at radius 1 is 1.19 bits per heavy atom. The van der Waals surface area contributed by atoms with Crippen molar-refractivity contribution in [2.24, 2.45) is 0 Å². The van der Waals surface area contributed by atoms with Gasteiger partial charge in [0, 0.05) is 0 Å². The first-order valence-corrected chi connectivity index (χ1v) is 9.63. The Morgan fingerprint density at radius 2 is 2.00 bits per heavy atom. The van der Waals surface area contributed by atoms with E-state index in [0.29, 0.717) is 10.3 Å². The highest BCUT2D eigenvalue weighted by Crippen LogP contribution is 2.26. The lowest BCUT2D eigenvalue weighted by Crippen LogP contribution is -2.14. The molecule has 0 radical (unpaired) electrons. The lowest BCUT2D eigenvalue weighted by Gasteiger charge is -2.06. The van der Waals surface area contributed by atoms with E-state index < -0.39 is 0 Å². The number of hydrogen-bond donors (Lipinski definition) is 1. The fraction of sp³-hybridized carbons (Fsp3) is 0.118. The number of anilines is 1. The smallest absolute Gasteiger partial charge is 0.236 e. The van der Waals surface area contributed by atoms with Crippen LogP contribution in [0.1, 0.15) is 5.56 Å². The fourth-order valence-electron chi connectivity index (χ4n) is 2.43. The molecule has 0 aliphatic rings. The molecule has 0 atom stereocenters. The normalized spacial score (nSPS) is 11.0. The number of carbonyl (C=O) groups excluding carboxylic acids is 1. The van der Waals surface area contributed by atoms with Crippen molar-refractivity contribution in [2.75, 3.05) is 11.1 Å². The van der Waals surface area contributed by atoms with Gasteiger partial charge in [-0.15, -0.1) is 5.10 Å². The van der Waals surface area contributed by atoms with Crippen molar-refractivity contribution in [3.63, 3.8) is 0 Å². The molecule has 1 amide bonds. The van der Waals surface area contributed by atoms with Gasteiger partial charge in [0.2, 0.25) is 11.1 Å². The quantitative estimate of drug-likeness (QED) is 0.533. The molecule has 0 saturated carbocycles. The Morgan fingerprint density at radius 3 is 2.85 bits per heavy atom. The van der Waals surface area contributed by atoms with Gasteiger partial charge in [0.25, 0.3) is 0 Å². The molecule has 0 spiro atoms. The summed E-state index contributed by atoms with van der Waals surface area (Å²) in [4.78, 5) is 16.7. The molecule has 26 heavy (non-hydrogen) atoms. The van der Waals surface area contributed by atoms with Gasteiger partial charge in [-0.3, -0.25) is 4.79 Å². The zero-order valence-electron chi connectivity index (χ0n) is 13.8. The van der Waals surface area contributed by atoms with Crippen molar-refractivity contribution >= 4 is 44.4 Å². The molecule has 0 aliphatic heterocycles. The van der Waals surface area contributed by atoms with Gasteiger partial charge in [-0.2, -0.15) is 4.68 Å². The molecule has 0 aliphatic carbocycles. The Balaban J connectivity index is 1.44. The van der Waals surface area contributed by atoms with Crippen LogP contribution in [0, 0.1) is 6.92 Å². The average Bonchev–Trinajstić information content (AvgIpc) is 3.26. The van der Waals surface area contributed by atoms with E-state index in [2.05, 4.69) is 25.8 Å². The topological polar surface area (TPSA) is 85.6 Å². The molecule has 7 nitrogen and oxygen atoms in total. The van der Waals surface area contributed by atoms with E-state index in [4.69, 9.17) is 0 Å². The first-order valence-electron chi connectivity index (χ1n) is 7.83. The molecular weight excluding hydrogens is 368 g/mol. The van der Waals surface area contributed by atoms with Crippen LogP contribution in [0.4, 0.5) is 5.13 Å². The largest absolute Gasteiger partial charge is 0.301 e. The Kier molecular flexibility index (Phi) is 4.63. The van der Waals surface area contributed by atoms with Gasteiger partial charge in [0.05, 0.1) is 21.7 Å². The molecule has 1 N–H and O–H groups in total. The second-order valence-corrected chi connectivity index (χ2v) is 7.46. The van der Waals surface area contributed by atoms with Crippen LogP contribution in [-0.4, -0.2) is 36.9 Å². The van der Waals surface area contributed by atoms with Gasteiger partial charge >= 0.3 is 0 Å². The molecule has 0 unspecified atom stereocenters. The first-order chi connectivity index (χ1) is 12.7. The third-order valence-electron chi connectivity index (χ3n) is 3.66. The minimum atomic E-state index is -0.145. The van der Waals surface area contributed by atoms with E-state index in [1.807, 2.05) is 55.5 Å². The number of benzene rings is 2. The molecular formula is C17H14N6OS2. The SMILES string of the molecule is Cc1ccccc1-n1nnnc1SCC(=O)Nc1nc2ccccc2s1. The summed E-state index contributed by atoms with van der Waals surface area (Å²) < 4.78 is 2.68. The number of aryl methyl sites for hydroxylation is 1. The molecule has 0 bridgehead atoms. The van der Waals surface area contributed by atoms with Crippen molar-refractivity contribution in [3.8, 4) is 5.69 Å². The molecule has 2 aromatic carbocycles. The summed E-state index contributed by atoms with van der Waals surface area (Å²) in [6.45, 7) is 1.99. The Hall–Kier alpha value is -2.78. The number of nitrogens with one attached hydrogen (secondary N) is 1. The number of nitrogens with zero attached hydrogens (tertiary/aromatic N) is 5. The monoisotopic (exact) mass is 382 g/mol. The van der Waals surface area contributed by atoms with Crippen LogP contribution >= 0.6 is 23.1 Å². The molecule has 2 aromatic heterocycles. The molecule has 4 rings (SSSR count). The van der Waals surface area contributed by atoms with Crippen molar-refractivity contribution in [1.29, 1.82) is 0 Å². The van der Waals surface area contributed by atoms with E-state index >= 15 is 0 Å². The summed E-state index contributed by atoms with van der Waals surface area (Å²) in [7, 11) is 0. The predicted octanol–water partition coefficient (Wildman–Crippen LogP) is 3.31. The maximum Gasteiger partial charge on any atom is 0.236 e. The minimum Gasteiger partial charge on any atom is -0.301 e. The lowest BCUT2D eigenvalue weighted by atomic mass is 10.2. The number of thiazole rings is 1. The number of fused-ring (bicyclic) bond motifs is 1. The van der Waals surface area contributed by atoms with Crippen LogP contribution in [0.25, 0.3) is 15.9 Å². The molecule has 4 aromatic rings. The van der Waals surface area contributed by atoms with Crippen molar-refractivity contribution in [2.45, 2.75) is 12.1 Å². The fourth-order valence-corrected chi connectivity index (χ4v) is 4.00. The van der Waals surface area contributed by atoms with Crippen LogP contribution in [0.15, 0.2) is 53.7 Å². The van der Waals surface area contributed by atoms with Crippen LogP contribution in [0.5, 0.6) is 0 Å². The Labute approximate surface area is 157 Å². The zero-order valence-corrected chi connectivity index (χ0v) is 15.4. The Bertz CT molecular complexity index is 1040. The maximum atomic E-state index is 12.3. The molecule has 130 valence electrons. The summed E-state index contributed by atoms with van der Waals surface area (Å²) in [6.07, 6.45) is 0. The van der Waals surface area contributed by atoms with Gasteiger partial charge in [-0.05, 0) is 41.1 Å². The number of hydrogen-bond acceptors (Lipinski definition) is 7. The summed E-state index contributed by atoms with van der Waals surface area (Å²) in [5.74, 6) is 0.0516. The van der Waals surface area contributed by atoms with Crippen LogP contribution in [0.2, 0.25) is 0 Å². The van der Waals surface area contributed by atoms with E-state index in [-0.39, 0.29) is 11.7 Å². The first kappa shape index (κ1) is 16.7. The summed E-state index contributed by atoms with van der Waals surface area (Å²) in [5, 5.41) is 15.8. The number of para-hydroxylation sites is 2. The van der Waals surface area contributed by atoms with E-state index in [1.165, 1.54) is 23.1 Å². The maximum absolute atomic E-state index is 12.3. The van der Waals surface area contributed by atoms with Crippen molar-refractivity contribution in [3.05, 3.63) is 54.1 Å². The third-order valence-corrected chi connectivity index (χ3v) is 5.53. The molecule has 2 heterocycles. The van der Waals surface area contributed by atoms with Gasteiger partial charge in [-0.1, -0.05) is 53.4 Å². The van der Waals surface area contributed by atoms with Gasteiger partial charge in [-0.25, -0.2) is 4.98 Å². The van der Waals surface area contributed by atoms with E-state index in [9.17, 15) is 4.79 Å². The molecule has 0 saturated heterocycles.